The molecule has 1 aliphatic rings. The molecule has 8 nitrogen and oxygen atoms in total. The second kappa shape index (κ2) is 10.5. The molecule has 164 valence electrons. The molecule has 2 aromatic carbocycles. The molecule has 0 bridgehead atoms. The number of hydrogen-bond acceptors (Lipinski definition) is 3. The Balaban J connectivity index is 1.50. The Labute approximate surface area is 182 Å². The number of nitrogens with zero attached hydrogens (tertiary/aromatic N) is 1. The average Bonchev–Trinajstić information content (AvgIpc) is 2.75. The lowest BCUT2D eigenvalue weighted by molar-refractivity contribution is -0.126. The van der Waals surface area contributed by atoms with Crippen molar-refractivity contribution >= 4 is 35.0 Å². The molecule has 0 radical (unpaired) electrons. The fraction of sp³-hybridized carbons (Fsp3) is 0.348. The van der Waals surface area contributed by atoms with Crippen molar-refractivity contribution in [2.24, 2.45) is 5.92 Å². The van der Waals surface area contributed by atoms with Crippen LogP contribution < -0.4 is 21.3 Å². The zero-order valence-corrected chi connectivity index (χ0v) is 17.9. The zero-order valence-electron chi connectivity index (χ0n) is 17.9. The van der Waals surface area contributed by atoms with Crippen LogP contribution in [-0.2, 0) is 4.79 Å². The summed E-state index contributed by atoms with van der Waals surface area (Å²) in [5.41, 5.74) is 1.92. The summed E-state index contributed by atoms with van der Waals surface area (Å²) in [5, 5.41) is 11.3. The highest BCUT2D eigenvalue weighted by atomic mass is 16.2. The highest BCUT2D eigenvalue weighted by Crippen LogP contribution is 2.19. The van der Waals surface area contributed by atoms with Gasteiger partial charge in [0.05, 0.1) is 5.92 Å². The van der Waals surface area contributed by atoms with E-state index >= 15 is 0 Å². The number of anilines is 3. The summed E-state index contributed by atoms with van der Waals surface area (Å²) in [4.78, 5) is 38.6. The van der Waals surface area contributed by atoms with E-state index in [9.17, 15) is 14.4 Å². The van der Waals surface area contributed by atoms with Gasteiger partial charge in [0.25, 0.3) is 0 Å². The van der Waals surface area contributed by atoms with Gasteiger partial charge in [-0.2, -0.15) is 0 Å². The number of urea groups is 2. The van der Waals surface area contributed by atoms with Crippen molar-refractivity contribution in [1.29, 1.82) is 0 Å². The van der Waals surface area contributed by atoms with Crippen molar-refractivity contribution in [3.05, 3.63) is 54.6 Å². The number of carbonyl (C=O) groups is 3. The number of para-hydroxylation sites is 1. The van der Waals surface area contributed by atoms with Crippen LogP contribution in [0.2, 0.25) is 0 Å². The second-order valence-electron chi connectivity index (χ2n) is 7.90. The molecule has 4 N–H and O–H groups in total. The van der Waals surface area contributed by atoms with E-state index in [-0.39, 0.29) is 29.9 Å². The van der Waals surface area contributed by atoms with Gasteiger partial charge in [-0.15, -0.1) is 0 Å². The van der Waals surface area contributed by atoms with Crippen molar-refractivity contribution in [2.45, 2.75) is 32.7 Å². The molecule has 1 fully saturated rings. The fourth-order valence-electron chi connectivity index (χ4n) is 3.43. The summed E-state index contributed by atoms with van der Waals surface area (Å²) in [6, 6.07) is 15.6. The third-order valence-corrected chi connectivity index (χ3v) is 4.94. The van der Waals surface area contributed by atoms with Gasteiger partial charge in [0.15, 0.2) is 0 Å². The maximum Gasteiger partial charge on any atom is 0.323 e. The largest absolute Gasteiger partial charge is 0.354 e. The summed E-state index contributed by atoms with van der Waals surface area (Å²) >= 11 is 0. The van der Waals surface area contributed by atoms with Crippen LogP contribution in [0, 0.1) is 5.92 Å². The molecule has 0 aliphatic carbocycles. The van der Waals surface area contributed by atoms with E-state index in [2.05, 4.69) is 21.3 Å². The lowest BCUT2D eigenvalue weighted by Gasteiger charge is -2.32. The normalized spacial score (nSPS) is 15.8. The smallest absolute Gasteiger partial charge is 0.323 e. The van der Waals surface area contributed by atoms with E-state index in [1.807, 2.05) is 32.0 Å². The van der Waals surface area contributed by atoms with Crippen LogP contribution in [0.15, 0.2) is 54.6 Å². The minimum Gasteiger partial charge on any atom is -0.354 e. The molecule has 1 aliphatic heterocycles. The number of benzene rings is 2. The Morgan fingerprint density at radius 3 is 2.06 bits per heavy atom. The molecule has 0 unspecified atom stereocenters. The molecular weight excluding hydrogens is 394 g/mol. The molecule has 1 heterocycles. The number of rotatable bonds is 5. The standard InChI is InChI=1S/C23H29N5O3/c1-16(2)24-21(29)17-7-6-14-28(15-17)23(31)27-20-12-10-19(11-13-20)26-22(30)25-18-8-4-3-5-9-18/h3-5,8-13,16-17H,6-7,14-15H2,1-2H3,(H,24,29)(H,27,31)(H2,25,26,30)/t17-/m1/s1. The van der Waals surface area contributed by atoms with Gasteiger partial charge in [-0.3, -0.25) is 4.79 Å². The predicted octanol–water partition coefficient (Wildman–Crippen LogP) is 4.10. The maximum atomic E-state index is 12.6. The van der Waals surface area contributed by atoms with Gasteiger partial charge in [0.2, 0.25) is 5.91 Å². The molecule has 31 heavy (non-hydrogen) atoms. The first-order valence-corrected chi connectivity index (χ1v) is 10.5. The van der Waals surface area contributed by atoms with Crippen molar-refractivity contribution in [3.8, 4) is 0 Å². The molecule has 1 atom stereocenters. The summed E-state index contributed by atoms with van der Waals surface area (Å²) in [6.07, 6.45) is 1.58. The van der Waals surface area contributed by atoms with Crippen LogP contribution in [0.5, 0.6) is 0 Å². The van der Waals surface area contributed by atoms with E-state index in [1.54, 1.807) is 41.3 Å². The van der Waals surface area contributed by atoms with Crippen LogP contribution in [0.4, 0.5) is 26.7 Å². The summed E-state index contributed by atoms with van der Waals surface area (Å²) in [5.74, 6) is -0.187. The van der Waals surface area contributed by atoms with Crippen LogP contribution in [0.1, 0.15) is 26.7 Å². The molecule has 2 aromatic rings. The fourth-order valence-corrected chi connectivity index (χ4v) is 3.43. The van der Waals surface area contributed by atoms with Crippen molar-refractivity contribution in [1.82, 2.24) is 10.2 Å². The second-order valence-corrected chi connectivity index (χ2v) is 7.90. The lowest BCUT2D eigenvalue weighted by atomic mass is 9.97. The third-order valence-electron chi connectivity index (χ3n) is 4.94. The SMILES string of the molecule is CC(C)NC(=O)[C@@H]1CCCN(C(=O)Nc2ccc(NC(=O)Nc3ccccc3)cc2)C1. The molecule has 3 rings (SSSR count). The first-order chi connectivity index (χ1) is 14.9. The molecule has 0 spiro atoms. The minimum absolute atomic E-state index is 0.00305. The van der Waals surface area contributed by atoms with E-state index in [4.69, 9.17) is 0 Å². The van der Waals surface area contributed by atoms with Gasteiger partial charge in [-0.05, 0) is 63.1 Å². The Bertz CT molecular complexity index is 899. The van der Waals surface area contributed by atoms with Crippen molar-refractivity contribution < 1.29 is 14.4 Å². The quantitative estimate of drug-likeness (QED) is 0.582. The van der Waals surface area contributed by atoms with Gasteiger partial charge in [0.1, 0.15) is 0 Å². The zero-order chi connectivity index (χ0) is 22.2. The first-order valence-electron chi connectivity index (χ1n) is 10.5. The van der Waals surface area contributed by atoms with Crippen LogP contribution in [0.25, 0.3) is 0 Å². The number of amides is 5. The van der Waals surface area contributed by atoms with Gasteiger partial charge in [-0.25, -0.2) is 9.59 Å². The van der Waals surface area contributed by atoms with E-state index in [0.717, 1.165) is 12.8 Å². The summed E-state index contributed by atoms with van der Waals surface area (Å²) in [7, 11) is 0. The van der Waals surface area contributed by atoms with E-state index in [0.29, 0.717) is 30.2 Å². The topological polar surface area (TPSA) is 103 Å². The average molecular weight is 424 g/mol. The number of likely N-dealkylation sites (tertiary alicyclic amines) is 1. The van der Waals surface area contributed by atoms with Crippen LogP contribution >= 0.6 is 0 Å². The molecular formula is C23H29N5O3. The molecule has 0 saturated carbocycles. The van der Waals surface area contributed by atoms with Crippen molar-refractivity contribution in [3.63, 3.8) is 0 Å². The summed E-state index contributed by atoms with van der Waals surface area (Å²) in [6.45, 7) is 4.88. The third kappa shape index (κ3) is 6.74. The lowest BCUT2D eigenvalue weighted by Crippen LogP contribution is -2.47. The minimum atomic E-state index is -0.345. The van der Waals surface area contributed by atoms with E-state index < -0.39 is 0 Å². The molecule has 1 saturated heterocycles. The Morgan fingerprint density at radius 2 is 1.45 bits per heavy atom. The Kier molecular flexibility index (Phi) is 7.48. The van der Waals surface area contributed by atoms with Gasteiger partial charge >= 0.3 is 12.1 Å². The van der Waals surface area contributed by atoms with Gasteiger partial charge in [-0.1, -0.05) is 18.2 Å². The first kappa shape index (κ1) is 22.1. The number of piperidine rings is 1. The summed E-state index contributed by atoms with van der Waals surface area (Å²) < 4.78 is 0. The van der Waals surface area contributed by atoms with E-state index in [1.165, 1.54) is 0 Å². The number of carbonyl (C=O) groups excluding carboxylic acids is 3. The Morgan fingerprint density at radius 1 is 0.871 bits per heavy atom. The molecule has 5 amide bonds. The van der Waals surface area contributed by atoms with Crippen LogP contribution in [0.3, 0.4) is 0 Å². The molecule has 8 heteroatoms. The monoisotopic (exact) mass is 423 g/mol. The van der Waals surface area contributed by atoms with Gasteiger partial charge < -0.3 is 26.2 Å². The van der Waals surface area contributed by atoms with Crippen molar-refractivity contribution in [2.75, 3.05) is 29.0 Å². The number of hydrogen-bond donors (Lipinski definition) is 4. The Hall–Kier alpha value is -3.55. The van der Waals surface area contributed by atoms with Crippen LogP contribution in [-0.4, -0.2) is 42.0 Å². The maximum absolute atomic E-state index is 12.6. The number of nitrogens with one attached hydrogen (secondary N) is 4. The van der Waals surface area contributed by atoms with Gasteiger partial charge in [0, 0.05) is 36.2 Å². The predicted molar refractivity (Wildman–Crippen MR) is 122 cm³/mol. The highest BCUT2D eigenvalue weighted by molar-refractivity contribution is 6.00. The molecule has 0 aromatic heterocycles. The highest BCUT2D eigenvalue weighted by Gasteiger charge is 2.28.